The second kappa shape index (κ2) is 8.19. The van der Waals surface area contributed by atoms with Crippen LogP contribution in [0.4, 0.5) is 0 Å². The fourth-order valence-electron chi connectivity index (χ4n) is 3.99. The van der Waals surface area contributed by atoms with E-state index < -0.39 is 0 Å². The van der Waals surface area contributed by atoms with E-state index in [1.807, 2.05) is 6.07 Å². The molecule has 2 atom stereocenters. The number of rotatable bonds is 6. The Morgan fingerprint density at radius 2 is 1.88 bits per heavy atom. The lowest BCUT2D eigenvalue weighted by molar-refractivity contribution is 0.0906. The van der Waals surface area contributed by atoms with Gasteiger partial charge in [-0.15, -0.1) is 0 Å². The lowest BCUT2D eigenvalue weighted by Crippen LogP contribution is -2.52. The first-order valence-electron chi connectivity index (χ1n) is 9.13. The van der Waals surface area contributed by atoms with Crippen LogP contribution in [0, 0.1) is 0 Å². The molecule has 5 heteroatoms. The SMILES string of the molecule is COc1ccc(C(CN2CCCC2)N2CCNCC2C)cc1OC. The normalized spacial score (nSPS) is 24.0. The molecule has 0 radical (unpaired) electrons. The van der Waals surface area contributed by atoms with Crippen molar-refractivity contribution in [2.75, 3.05) is 53.5 Å². The molecule has 1 N–H and O–H groups in total. The van der Waals surface area contributed by atoms with Gasteiger partial charge in [-0.25, -0.2) is 0 Å². The van der Waals surface area contributed by atoms with Crippen molar-refractivity contribution >= 4 is 0 Å². The topological polar surface area (TPSA) is 37.0 Å². The summed E-state index contributed by atoms with van der Waals surface area (Å²) in [6.45, 7) is 9.09. The Hall–Kier alpha value is -1.30. The van der Waals surface area contributed by atoms with E-state index in [4.69, 9.17) is 9.47 Å². The molecule has 24 heavy (non-hydrogen) atoms. The Bertz CT molecular complexity index is 531. The molecule has 134 valence electrons. The van der Waals surface area contributed by atoms with Crippen LogP contribution in [0.3, 0.4) is 0 Å². The summed E-state index contributed by atoms with van der Waals surface area (Å²) in [5.74, 6) is 1.62. The van der Waals surface area contributed by atoms with Crippen molar-refractivity contribution in [1.82, 2.24) is 15.1 Å². The Morgan fingerprint density at radius 1 is 1.12 bits per heavy atom. The molecule has 0 bridgehead atoms. The number of hydrogen-bond donors (Lipinski definition) is 1. The van der Waals surface area contributed by atoms with Gasteiger partial charge in [0.25, 0.3) is 0 Å². The van der Waals surface area contributed by atoms with Gasteiger partial charge in [-0.3, -0.25) is 4.90 Å². The summed E-state index contributed by atoms with van der Waals surface area (Å²) in [6, 6.07) is 7.35. The van der Waals surface area contributed by atoms with Gasteiger partial charge in [0.05, 0.1) is 14.2 Å². The maximum absolute atomic E-state index is 5.54. The van der Waals surface area contributed by atoms with E-state index in [1.165, 1.54) is 31.5 Å². The van der Waals surface area contributed by atoms with E-state index in [0.29, 0.717) is 12.1 Å². The Kier molecular flexibility index (Phi) is 5.98. The largest absolute Gasteiger partial charge is 0.493 e. The molecule has 2 aliphatic rings. The van der Waals surface area contributed by atoms with Crippen LogP contribution < -0.4 is 14.8 Å². The standard InChI is InChI=1S/C19H31N3O2/c1-15-13-20-8-11-22(15)17(14-21-9-4-5-10-21)16-6-7-18(23-2)19(12-16)24-3/h6-7,12,15,17,20H,4-5,8-11,13-14H2,1-3H3. The highest BCUT2D eigenvalue weighted by molar-refractivity contribution is 5.44. The highest BCUT2D eigenvalue weighted by Gasteiger charge is 2.30. The number of nitrogens with zero attached hydrogens (tertiary/aromatic N) is 2. The predicted octanol–water partition coefficient (Wildman–Crippen LogP) is 2.13. The minimum absolute atomic E-state index is 0.403. The third-order valence-electron chi connectivity index (χ3n) is 5.38. The fourth-order valence-corrected chi connectivity index (χ4v) is 3.99. The molecule has 0 amide bonds. The van der Waals surface area contributed by atoms with Crippen molar-refractivity contribution < 1.29 is 9.47 Å². The molecular weight excluding hydrogens is 302 g/mol. The number of hydrogen-bond acceptors (Lipinski definition) is 5. The zero-order chi connectivity index (χ0) is 16.9. The van der Waals surface area contributed by atoms with Crippen LogP contribution in [-0.4, -0.2) is 69.3 Å². The molecule has 2 heterocycles. The summed E-state index contributed by atoms with van der Waals surface area (Å²) in [7, 11) is 3.40. The third-order valence-corrected chi connectivity index (χ3v) is 5.38. The Balaban J connectivity index is 1.87. The Morgan fingerprint density at radius 3 is 2.54 bits per heavy atom. The van der Waals surface area contributed by atoms with Gasteiger partial charge in [-0.2, -0.15) is 0 Å². The summed E-state index contributed by atoms with van der Waals surface area (Å²) in [6.07, 6.45) is 2.66. The highest BCUT2D eigenvalue weighted by atomic mass is 16.5. The maximum Gasteiger partial charge on any atom is 0.161 e. The highest BCUT2D eigenvalue weighted by Crippen LogP contribution is 2.33. The van der Waals surface area contributed by atoms with Crippen molar-refractivity contribution in [2.24, 2.45) is 0 Å². The molecule has 2 aliphatic heterocycles. The number of piperazine rings is 1. The van der Waals surface area contributed by atoms with E-state index in [9.17, 15) is 0 Å². The van der Waals surface area contributed by atoms with E-state index >= 15 is 0 Å². The van der Waals surface area contributed by atoms with Crippen molar-refractivity contribution in [1.29, 1.82) is 0 Å². The molecule has 3 rings (SSSR count). The van der Waals surface area contributed by atoms with Gasteiger partial charge in [-0.1, -0.05) is 6.07 Å². The number of likely N-dealkylation sites (tertiary alicyclic amines) is 1. The molecule has 2 fully saturated rings. The van der Waals surface area contributed by atoms with Crippen LogP contribution >= 0.6 is 0 Å². The first kappa shape index (κ1) is 17.5. The quantitative estimate of drug-likeness (QED) is 0.863. The van der Waals surface area contributed by atoms with Gasteiger partial charge in [0.1, 0.15) is 0 Å². The van der Waals surface area contributed by atoms with Gasteiger partial charge in [0, 0.05) is 38.3 Å². The van der Waals surface area contributed by atoms with Gasteiger partial charge < -0.3 is 19.7 Å². The molecule has 2 saturated heterocycles. The minimum Gasteiger partial charge on any atom is -0.493 e. The van der Waals surface area contributed by atoms with Crippen LogP contribution in [-0.2, 0) is 0 Å². The summed E-state index contributed by atoms with van der Waals surface area (Å²) in [5, 5.41) is 3.51. The first-order valence-corrected chi connectivity index (χ1v) is 9.13. The number of nitrogens with one attached hydrogen (secondary N) is 1. The van der Waals surface area contributed by atoms with Crippen molar-refractivity contribution in [3.05, 3.63) is 23.8 Å². The van der Waals surface area contributed by atoms with Crippen molar-refractivity contribution in [2.45, 2.75) is 31.8 Å². The lowest BCUT2D eigenvalue weighted by Gasteiger charge is -2.41. The summed E-state index contributed by atoms with van der Waals surface area (Å²) in [5.41, 5.74) is 1.33. The third kappa shape index (κ3) is 3.85. The van der Waals surface area contributed by atoms with Crippen LogP contribution in [0.25, 0.3) is 0 Å². The molecule has 1 aromatic carbocycles. The smallest absolute Gasteiger partial charge is 0.161 e. The molecule has 2 unspecified atom stereocenters. The molecule has 0 saturated carbocycles. The second-order valence-corrected chi connectivity index (χ2v) is 6.93. The summed E-state index contributed by atoms with van der Waals surface area (Å²) < 4.78 is 11.0. The molecule has 0 aromatic heterocycles. The van der Waals surface area contributed by atoms with Crippen LogP contribution in [0.15, 0.2) is 18.2 Å². The molecule has 5 nitrogen and oxygen atoms in total. The monoisotopic (exact) mass is 333 g/mol. The van der Waals surface area contributed by atoms with Gasteiger partial charge in [-0.05, 0) is 50.6 Å². The molecular formula is C19H31N3O2. The van der Waals surface area contributed by atoms with Gasteiger partial charge >= 0.3 is 0 Å². The van der Waals surface area contributed by atoms with Crippen molar-refractivity contribution in [3.8, 4) is 11.5 Å². The minimum atomic E-state index is 0.403. The lowest BCUT2D eigenvalue weighted by atomic mass is 10.0. The van der Waals surface area contributed by atoms with Crippen molar-refractivity contribution in [3.63, 3.8) is 0 Å². The number of methoxy groups -OCH3 is 2. The maximum atomic E-state index is 5.54. The number of benzene rings is 1. The summed E-state index contributed by atoms with van der Waals surface area (Å²) in [4.78, 5) is 5.26. The zero-order valence-corrected chi connectivity index (χ0v) is 15.3. The zero-order valence-electron chi connectivity index (χ0n) is 15.3. The first-order chi connectivity index (χ1) is 11.7. The van der Waals surface area contributed by atoms with Crippen LogP contribution in [0.2, 0.25) is 0 Å². The van der Waals surface area contributed by atoms with Gasteiger partial charge in [0.2, 0.25) is 0 Å². The summed E-state index contributed by atoms with van der Waals surface area (Å²) >= 11 is 0. The van der Waals surface area contributed by atoms with E-state index in [-0.39, 0.29) is 0 Å². The van der Waals surface area contributed by atoms with E-state index in [0.717, 1.165) is 37.7 Å². The molecule has 1 aromatic rings. The second-order valence-electron chi connectivity index (χ2n) is 6.93. The molecule has 0 spiro atoms. The van der Waals surface area contributed by atoms with E-state index in [1.54, 1.807) is 14.2 Å². The molecule has 0 aliphatic carbocycles. The van der Waals surface area contributed by atoms with Crippen LogP contribution in [0.1, 0.15) is 31.4 Å². The average Bonchev–Trinajstić information content (AvgIpc) is 3.13. The van der Waals surface area contributed by atoms with Gasteiger partial charge in [0.15, 0.2) is 11.5 Å². The van der Waals surface area contributed by atoms with Crippen LogP contribution in [0.5, 0.6) is 11.5 Å². The Labute approximate surface area is 145 Å². The fraction of sp³-hybridized carbons (Fsp3) is 0.684. The average molecular weight is 333 g/mol. The number of ether oxygens (including phenoxy) is 2. The van der Waals surface area contributed by atoms with E-state index in [2.05, 4.69) is 34.2 Å². The predicted molar refractivity (Wildman–Crippen MR) is 97.0 cm³/mol.